The van der Waals surface area contributed by atoms with Gasteiger partial charge in [0.15, 0.2) is 0 Å². The number of amides is 1. The van der Waals surface area contributed by atoms with Crippen molar-refractivity contribution in [3.63, 3.8) is 0 Å². The largest absolute Gasteiger partial charge is 0.344 e. The lowest BCUT2D eigenvalue weighted by molar-refractivity contribution is -0.119. The molecule has 1 saturated heterocycles. The molecule has 6 nitrogen and oxygen atoms in total. The summed E-state index contributed by atoms with van der Waals surface area (Å²) in [6.45, 7) is 4.54. The summed E-state index contributed by atoms with van der Waals surface area (Å²) in [7, 11) is 0. The van der Waals surface area contributed by atoms with E-state index in [0.29, 0.717) is 13.0 Å². The lowest BCUT2D eigenvalue weighted by Gasteiger charge is -2.34. The van der Waals surface area contributed by atoms with Gasteiger partial charge in [-0.15, -0.1) is 10.2 Å². The summed E-state index contributed by atoms with van der Waals surface area (Å²) in [5.74, 6) is -0.0529. The third-order valence-corrected chi connectivity index (χ3v) is 6.90. The van der Waals surface area contributed by atoms with Gasteiger partial charge in [-0.1, -0.05) is 41.7 Å². The summed E-state index contributed by atoms with van der Waals surface area (Å²) in [6, 6.07) is 14.7. The van der Waals surface area contributed by atoms with Gasteiger partial charge < -0.3 is 9.80 Å². The molecule has 0 saturated carbocycles. The van der Waals surface area contributed by atoms with Crippen LogP contribution in [0.1, 0.15) is 16.1 Å². The summed E-state index contributed by atoms with van der Waals surface area (Å²) in [5, 5.41) is 10.5. The van der Waals surface area contributed by atoms with Crippen LogP contribution in [0.5, 0.6) is 0 Å². The zero-order valence-electron chi connectivity index (χ0n) is 17.2. The smallest absolute Gasteiger partial charge is 0.241 e. The molecule has 2 aromatic carbocycles. The van der Waals surface area contributed by atoms with Crippen LogP contribution in [0, 0.1) is 5.82 Å². The van der Waals surface area contributed by atoms with Crippen molar-refractivity contribution in [1.29, 1.82) is 0 Å². The predicted molar refractivity (Wildman–Crippen MR) is 120 cm³/mol. The number of nitrogens with zero attached hydrogens (tertiary/aromatic N) is 5. The van der Waals surface area contributed by atoms with Crippen LogP contribution in [-0.4, -0.2) is 60.3 Å². The van der Waals surface area contributed by atoms with E-state index in [1.165, 1.54) is 17.7 Å². The second-order valence-electron chi connectivity index (χ2n) is 7.97. The zero-order chi connectivity index (χ0) is 21.2. The normalized spacial score (nSPS) is 16.5. The van der Waals surface area contributed by atoms with Gasteiger partial charge >= 0.3 is 0 Å². The highest BCUT2D eigenvalue weighted by Gasteiger charge is 2.27. The van der Waals surface area contributed by atoms with Gasteiger partial charge in [-0.25, -0.2) is 4.39 Å². The Kier molecular flexibility index (Phi) is 5.65. The van der Waals surface area contributed by atoms with E-state index in [9.17, 15) is 9.18 Å². The fraction of sp³-hybridized carbons (Fsp3) is 0.348. The average Bonchev–Trinajstić information content (AvgIpc) is 3.43. The third-order valence-electron chi connectivity index (χ3n) is 5.91. The highest BCUT2D eigenvalue weighted by atomic mass is 32.1. The molecule has 31 heavy (non-hydrogen) atoms. The summed E-state index contributed by atoms with van der Waals surface area (Å²) in [5.41, 5.74) is 3.35. The molecular formula is C23H24FN5OS. The van der Waals surface area contributed by atoms with Crippen LogP contribution in [-0.2, 0) is 17.6 Å². The molecule has 0 spiro atoms. The number of hydrogen-bond donors (Lipinski definition) is 0. The van der Waals surface area contributed by atoms with Crippen LogP contribution >= 0.6 is 11.3 Å². The molecule has 0 bridgehead atoms. The Labute approximate surface area is 184 Å². The summed E-state index contributed by atoms with van der Waals surface area (Å²) < 4.78 is 13.1. The Balaban J connectivity index is 1.14. The van der Waals surface area contributed by atoms with Crippen LogP contribution < -0.4 is 9.80 Å². The molecule has 1 fully saturated rings. The maximum absolute atomic E-state index is 13.1. The fourth-order valence-electron chi connectivity index (χ4n) is 4.19. The van der Waals surface area contributed by atoms with Crippen molar-refractivity contribution in [2.24, 2.45) is 0 Å². The monoisotopic (exact) mass is 437 g/mol. The van der Waals surface area contributed by atoms with Crippen LogP contribution in [0.3, 0.4) is 0 Å². The molecule has 0 atom stereocenters. The van der Waals surface area contributed by atoms with Gasteiger partial charge in [0.05, 0.1) is 6.54 Å². The SMILES string of the molecule is O=C(CN1CCN(c2nnc(Cc3ccc(F)cc3)s2)CC1)N1CCc2ccccc21. The second kappa shape index (κ2) is 8.72. The van der Waals surface area contributed by atoms with E-state index in [4.69, 9.17) is 0 Å². The molecule has 5 rings (SSSR count). The standard InChI is InChI=1S/C23H24FN5OS/c24-19-7-5-17(6-8-19)15-21-25-26-23(31-21)28-13-11-27(12-14-28)16-22(30)29-10-9-18-3-1-2-4-20(18)29/h1-8H,9-16H2. The molecule has 3 aromatic rings. The van der Waals surface area contributed by atoms with E-state index in [-0.39, 0.29) is 11.7 Å². The number of hydrogen-bond acceptors (Lipinski definition) is 6. The lowest BCUT2D eigenvalue weighted by atomic mass is 10.2. The molecule has 2 aliphatic rings. The van der Waals surface area contributed by atoms with Crippen LogP contribution in [0.25, 0.3) is 0 Å². The van der Waals surface area contributed by atoms with E-state index in [1.54, 1.807) is 23.5 Å². The molecule has 0 radical (unpaired) electrons. The van der Waals surface area contributed by atoms with Crippen molar-refractivity contribution in [3.05, 3.63) is 70.5 Å². The van der Waals surface area contributed by atoms with Crippen molar-refractivity contribution >= 4 is 28.1 Å². The molecule has 1 amide bonds. The predicted octanol–water partition coefficient (Wildman–Crippen LogP) is 2.98. The van der Waals surface area contributed by atoms with Gasteiger partial charge in [0.2, 0.25) is 11.0 Å². The quantitative estimate of drug-likeness (QED) is 0.614. The van der Waals surface area contributed by atoms with E-state index in [1.807, 2.05) is 23.1 Å². The molecule has 0 N–H and O–H groups in total. The van der Waals surface area contributed by atoms with Crippen LogP contribution in [0.2, 0.25) is 0 Å². The Morgan fingerprint density at radius 2 is 1.74 bits per heavy atom. The molecule has 3 heterocycles. The number of halogens is 1. The highest BCUT2D eigenvalue weighted by molar-refractivity contribution is 7.15. The average molecular weight is 438 g/mol. The van der Waals surface area contributed by atoms with Crippen molar-refractivity contribution in [2.45, 2.75) is 12.8 Å². The van der Waals surface area contributed by atoms with Gasteiger partial charge in [-0.05, 0) is 35.7 Å². The molecule has 8 heteroatoms. The Morgan fingerprint density at radius 1 is 0.968 bits per heavy atom. The Hall–Kier alpha value is -2.84. The zero-order valence-corrected chi connectivity index (χ0v) is 18.0. The van der Waals surface area contributed by atoms with E-state index >= 15 is 0 Å². The van der Waals surface area contributed by atoms with E-state index in [2.05, 4.69) is 26.1 Å². The number of fused-ring (bicyclic) bond motifs is 1. The van der Waals surface area contributed by atoms with E-state index in [0.717, 1.165) is 60.5 Å². The third kappa shape index (κ3) is 4.45. The Bertz CT molecular complexity index is 1060. The van der Waals surface area contributed by atoms with Crippen molar-refractivity contribution in [2.75, 3.05) is 49.1 Å². The van der Waals surface area contributed by atoms with Gasteiger partial charge in [-0.2, -0.15) is 0 Å². The fourth-order valence-corrected chi connectivity index (χ4v) is 5.12. The highest BCUT2D eigenvalue weighted by Crippen LogP contribution is 2.28. The first-order valence-electron chi connectivity index (χ1n) is 10.6. The summed E-state index contributed by atoms with van der Waals surface area (Å²) >= 11 is 1.58. The number of aromatic nitrogens is 2. The number of carbonyl (C=O) groups is 1. The first kappa shape index (κ1) is 20.1. The summed E-state index contributed by atoms with van der Waals surface area (Å²) in [6.07, 6.45) is 1.59. The maximum atomic E-state index is 13.1. The van der Waals surface area contributed by atoms with Gasteiger partial charge in [0.25, 0.3) is 0 Å². The summed E-state index contributed by atoms with van der Waals surface area (Å²) in [4.78, 5) is 19.2. The number of rotatable bonds is 5. The maximum Gasteiger partial charge on any atom is 0.241 e. The van der Waals surface area contributed by atoms with Crippen LogP contribution in [0.15, 0.2) is 48.5 Å². The molecule has 1 aromatic heterocycles. The number of carbonyl (C=O) groups excluding carboxylic acids is 1. The van der Waals surface area contributed by atoms with Gasteiger partial charge in [-0.3, -0.25) is 9.69 Å². The van der Waals surface area contributed by atoms with Gasteiger partial charge in [0, 0.05) is 44.8 Å². The van der Waals surface area contributed by atoms with Crippen molar-refractivity contribution in [1.82, 2.24) is 15.1 Å². The van der Waals surface area contributed by atoms with Gasteiger partial charge in [0.1, 0.15) is 10.8 Å². The molecule has 0 unspecified atom stereocenters. The molecule has 2 aliphatic heterocycles. The minimum absolute atomic E-state index is 0.177. The second-order valence-corrected chi connectivity index (χ2v) is 9.01. The van der Waals surface area contributed by atoms with Crippen molar-refractivity contribution < 1.29 is 9.18 Å². The van der Waals surface area contributed by atoms with Crippen LogP contribution in [0.4, 0.5) is 15.2 Å². The number of anilines is 2. The Morgan fingerprint density at radius 3 is 2.55 bits per heavy atom. The first-order chi connectivity index (χ1) is 15.2. The number of piperazine rings is 1. The van der Waals surface area contributed by atoms with E-state index < -0.39 is 0 Å². The molecule has 160 valence electrons. The minimum Gasteiger partial charge on any atom is -0.344 e. The number of para-hydroxylation sites is 1. The van der Waals surface area contributed by atoms with Crippen molar-refractivity contribution in [3.8, 4) is 0 Å². The molecule has 0 aliphatic carbocycles. The first-order valence-corrected chi connectivity index (χ1v) is 11.4. The lowest BCUT2D eigenvalue weighted by Crippen LogP contribution is -2.50. The minimum atomic E-state index is -0.230. The molecular weight excluding hydrogens is 413 g/mol. The number of benzene rings is 2. The topological polar surface area (TPSA) is 52.6 Å².